The van der Waals surface area contributed by atoms with Gasteiger partial charge >= 0.3 is 0 Å². The van der Waals surface area contributed by atoms with Crippen LogP contribution in [-0.4, -0.2) is 38.9 Å². The highest BCUT2D eigenvalue weighted by Gasteiger charge is 2.18. The first kappa shape index (κ1) is 12.9. The number of aliphatic hydroxyl groups excluding tert-OH is 1. The molecule has 0 fully saturated rings. The van der Waals surface area contributed by atoms with Gasteiger partial charge in [0.2, 0.25) is 0 Å². The van der Waals surface area contributed by atoms with Gasteiger partial charge in [-0.25, -0.2) is 9.97 Å². The predicted molar refractivity (Wildman–Crippen MR) is 62.3 cm³/mol. The van der Waals surface area contributed by atoms with Crippen LogP contribution in [-0.2, 0) is 0 Å². The molecule has 0 bridgehead atoms. The minimum atomic E-state index is -1.14. The van der Waals surface area contributed by atoms with Crippen LogP contribution in [0, 0.1) is 0 Å². The Morgan fingerprint density at radius 3 is 2.69 bits per heavy atom. The highest BCUT2D eigenvalue weighted by Crippen LogP contribution is 2.14. The van der Waals surface area contributed by atoms with Crippen molar-refractivity contribution < 1.29 is 10.2 Å². The quantitative estimate of drug-likeness (QED) is 0.689. The lowest BCUT2D eigenvalue weighted by atomic mass is 10.1. The Morgan fingerprint density at radius 2 is 2.12 bits per heavy atom. The average Bonchev–Trinajstić information content (AvgIpc) is 2.27. The van der Waals surface area contributed by atoms with Crippen LogP contribution in [0.5, 0.6) is 0 Å². The van der Waals surface area contributed by atoms with E-state index in [9.17, 15) is 5.11 Å². The number of rotatable bonds is 5. The summed E-state index contributed by atoms with van der Waals surface area (Å²) in [6, 6.07) is 1.85. The lowest BCUT2D eigenvalue weighted by Gasteiger charge is -2.21. The molecule has 1 aromatic rings. The van der Waals surface area contributed by atoms with Gasteiger partial charge in [0.15, 0.2) is 0 Å². The third-order valence-corrected chi connectivity index (χ3v) is 2.27. The molecular weight excluding hydrogens is 206 g/mol. The van der Waals surface area contributed by atoms with Gasteiger partial charge < -0.3 is 15.5 Å². The SMILES string of the molecule is CC(C)c1cc(NCC(C)(O)CO)ncn1. The van der Waals surface area contributed by atoms with E-state index in [0.29, 0.717) is 11.7 Å². The van der Waals surface area contributed by atoms with Gasteiger partial charge in [-0.3, -0.25) is 0 Å². The Hall–Kier alpha value is -1.20. The van der Waals surface area contributed by atoms with Crippen molar-refractivity contribution in [2.45, 2.75) is 32.3 Å². The molecule has 1 heterocycles. The molecule has 0 aliphatic rings. The van der Waals surface area contributed by atoms with Crippen molar-refractivity contribution in [3.63, 3.8) is 0 Å². The summed E-state index contributed by atoms with van der Waals surface area (Å²) < 4.78 is 0. The topological polar surface area (TPSA) is 78.3 Å². The second-order valence-corrected chi connectivity index (χ2v) is 4.49. The van der Waals surface area contributed by atoms with E-state index in [1.807, 2.05) is 6.07 Å². The molecule has 1 atom stereocenters. The molecule has 0 saturated heterocycles. The molecule has 0 aliphatic heterocycles. The molecule has 5 nitrogen and oxygen atoms in total. The van der Waals surface area contributed by atoms with Gasteiger partial charge in [-0.05, 0) is 12.8 Å². The van der Waals surface area contributed by atoms with Gasteiger partial charge in [-0.2, -0.15) is 0 Å². The fourth-order valence-electron chi connectivity index (χ4n) is 1.12. The highest BCUT2D eigenvalue weighted by molar-refractivity contribution is 5.36. The molecule has 1 rings (SSSR count). The molecule has 0 spiro atoms. The van der Waals surface area contributed by atoms with Crippen LogP contribution in [0.3, 0.4) is 0 Å². The third-order valence-electron chi connectivity index (χ3n) is 2.27. The molecule has 5 heteroatoms. The summed E-state index contributed by atoms with van der Waals surface area (Å²) in [6.45, 7) is 5.62. The van der Waals surface area contributed by atoms with E-state index in [-0.39, 0.29) is 13.2 Å². The smallest absolute Gasteiger partial charge is 0.129 e. The first-order valence-corrected chi connectivity index (χ1v) is 5.33. The molecule has 1 unspecified atom stereocenters. The molecular formula is C11H19N3O2. The minimum Gasteiger partial charge on any atom is -0.393 e. The van der Waals surface area contributed by atoms with Crippen LogP contribution in [0.25, 0.3) is 0 Å². The van der Waals surface area contributed by atoms with Gasteiger partial charge in [0, 0.05) is 18.3 Å². The van der Waals surface area contributed by atoms with Crippen LogP contribution in [0.1, 0.15) is 32.4 Å². The van der Waals surface area contributed by atoms with E-state index in [4.69, 9.17) is 5.11 Å². The zero-order valence-electron chi connectivity index (χ0n) is 9.94. The Bertz CT molecular complexity index is 340. The highest BCUT2D eigenvalue weighted by atomic mass is 16.3. The maximum absolute atomic E-state index is 9.61. The van der Waals surface area contributed by atoms with Crippen molar-refractivity contribution in [1.29, 1.82) is 0 Å². The summed E-state index contributed by atoms with van der Waals surface area (Å²) in [5.74, 6) is 0.995. The van der Waals surface area contributed by atoms with Crippen molar-refractivity contribution in [1.82, 2.24) is 9.97 Å². The van der Waals surface area contributed by atoms with E-state index in [0.717, 1.165) is 5.69 Å². The first-order chi connectivity index (χ1) is 7.44. The van der Waals surface area contributed by atoms with E-state index in [1.165, 1.54) is 6.33 Å². The minimum absolute atomic E-state index is 0.248. The van der Waals surface area contributed by atoms with Gasteiger partial charge in [0.05, 0.1) is 6.61 Å². The lowest BCUT2D eigenvalue weighted by molar-refractivity contribution is 0.0131. The normalized spacial score (nSPS) is 14.9. The van der Waals surface area contributed by atoms with Gasteiger partial charge in [-0.1, -0.05) is 13.8 Å². The van der Waals surface area contributed by atoms with Crippen molar-refractivity contribution in [3.8, 4) is 0 Å². The summed E-state index contributed by atoms with van der Waals surface area (Å²) in [5, 5.41) is 21.5. The molecule has 3 N–H and O–H groups in total. The van der Waals surface area contributed by atoms with Crippen molar-refractivity contribution >= 4 is 5.82 Å². The second-order valence-electron chi connectivity index (χ2n) is 4.49. The van der Waals surface area contributed by atoms with Gasteiger partial charge in [-0.15, -0.1) is 0 Å². The number of nitrogens with one attached hydrogen (secondary N) is 1. The van der Waals surface area contributed by atoms with Gasteiger partial charge in [0.1, 0.15) is 17.7 Å². The summed E-state index contributed by atoms with van der Waals surface area (Å²) in [5.41, 5.74) is -0.190. The average molecular weight is 225 g/mol. The molecule has 0 saturated carbocycles. The van der Waals surface area contributed by atoms with E-state index in [2.05, 4.69) is 29.1 Å². The Kier molecular flexibility index (Phi) is 4.20. The third kappa shape index (κ3) is 3.75. The van der Waals surface area contributed by atoms with E-state index in [1.54, 1.807) is 6.92 Å². The summed E-state index contributed by atoms with van der Waals surface area (Å²) in [7, 11) is 0. The molecule has 0 amide bonds. The monoisotopic (exact) mass is 225 g/mol. The number of aliphatic hydroxyl groups is 2. The molecule has 0 aromatic carbocycles. The second kappa shape index (κ2) is 5.23. The Balaban J connectivity index is 2.64. The number of anilines is 1. The number of hydrogen-bond donors (Lipinski definition) is 3. The molecule has 16 heavy (non-hydrogen) atoms. The Morgan fingerprint density at radius 1 is 1.44 bits per heavy atom. The fourth-order valence-corrected chi connectivity index (χ4v) is 1.12. The first-order valence-electron chi connectivity index (χ1n) is 5.33. The Labute approximate surface area is 95.6 Å². The largest absolute Gasteiger partial charge is 0.393 e. The van der Waals surface area contributed by atoms with Crippen LogP contribution < -0.4 is 5.32 Å². The lowest BCUT2D eigenvalue weighted by Crippen LogP contribution is -2.37. The summed E-state index contributed by atoms with van der Waals surface area (Å²) >= 11 is 0. The number of aromatic nitrogens is 2. The maximum Gasteiger partial charge on any atom is 0.129 e. The molecule has 0 radical (unpaired) electrons. The van der Waals surface area contributed by atoms with Crippen LogP contribution in [0.2, 0.25) is 0 Å². The zero-order valence-corrected chi connectivity index (χ0v) is 9.94. The van der Waals surface area contributed by atoms with Crippen LogP contribution in [0.4, 0.5) is 5.82 Å². The van der Waals surface area contributed by atoms with Crippen molar-refractivity contribution in [3.05, 3.63) is 18.1 Å². The zero-order chi connectivity index (χ0) is 12.2. The summed E-state index contributed by atoms with van der Waals surface area (Å²) in [6.07, 6.45) is 1.49. The van der Waals surface area contributed by atoms with Crippen LogP contribution >= 0.6 is 0 Å². The number of nitrogens with zero attached hydrogens (tertiary/aromatic N) is 2. The van der Waals surface area contributed by atoms with E-state index < -0.39 is 5.60 Å². The maximum atomic E-state index is 9.61. The molecule has 1 aromatic heterocycles. The molecule has 0 aliphatic carbocycles. The standard InChI is InChI=1S/C11H19N3O2/c1-8(2)9-4-10(14-7-13-9)12-5-11(3,16)6-15/h4,7-8,15-16H,5-6H2,1-3H3,(H,12,13,14). The number of hydrogen-bond acceptors (Lipinski definition) is 5. The van der Waals surface area contributed by atoms with E-state index >= 15 is 0 Å². The van der Waals surface area contributed by atoms with Gasteiger partial charge in [0.25, 0.3) is 0 Å². The van der Waals surface area contributed by atoms with Crippen molar-refractivity contribution in [2.75, 3.05) is 18.5 Å². The fraction of sp³-hybridized carbons (Fsp3) is 0.636. The molecule has 90 valence electrons. The predicted octanol–water partition coefficient (Wildman–Crippen LogP) is 0.755. The summed E-state index contributed by atoms with van der Waals surface area (Å²) in [4.78, 5) is 8.18. The van der Waals surface area contributed by atoms with Crippen molar-refractivity contribution in [2.24, 2.45) is 0 Å². The van der Waals surface area contributed by atoms with Crippen LogP contribution in [0.15, 0.2) is 12.4 Å².